The van der Waals surface area contributed by atoms with Crippen LogP contribution in [0, 0.1) is 0 Å². The highest BCUT2D eigenvalue weighted by Crippen LogP contribution is 2.25. The lowest BCUT2D eigenvalue weighted by atomic mass is 10.1. The summed E-state index contributed by atoms with van der Waals surface area (Å²) in [5, 5.41) is 0. The summed E-state index contributed by atoms with van der Waals surface area (Å²) >= 11 is 0. The maximum Gasteiger partial charge on any atom is 0.163 e. The van der Waals surface area contributed by atoms with Crippen molar-refractivity contribution in [3.63, 3.8) is 0 Å². The highest BCUT2D eigenvalue weighted by Gasteiger charge is 2.11. The SMILES string of the molecule is CCS(=O)(=O)CCCOc1cc(OC)ccc1C(C)=O. The molecule has 0 atom stereocenters. The number of sulfone groups is 1. The minimum atomic E-state index is -2.98. The van der Waals surface area contributed by atoms with Crippen molar-refractivity contribution in [1.29, 1.82) is 0 Å². The predicted molar refractivity (Wildman–Crippen MR) is 77.4 cm³/mol. The molecule has 0 aromatic heterocycles. The molecule has 20 heavy (non-hydrogen) atoms. The highest BCUT2D eigenvalue weighted by molar-refractivity contribution is 7.91. The third-order valence-electron chi connectivity index (χ3n) is 2.87. The third kappa shape index (κ3) is 4.85. The topological polar surface area (TPSA) is 69.7 Å². The fraction of sp³-hybridized carbons (Fsp3) is 0.500. The van der Waals surface area contributed by atoms with Crippen LogP contribution in [0.2, 0.25) is 0 Å². The average Bonchev–Trinajstić information content (AvgIpc) is 2.43. The number of rotatable bonds is 8. The molecule has 5 nitrogen and oxygen atoms in total. The van der Waals surface area contributed by atoms with E-state index in [1.165, 1.54) is 14.0 Å². The molecule has 0 saturated carbocycles. The van der Waals surface area contributed by atoms with Crippen LogP contribution in [0.5, 0.6) is 11.5 Å². The molecule has 0 unspecified atom stereocenters. The standard InChI is InChI=1S/C14H20O5S/c1-4-20(16,17)9-5-8-19-14-10-12(18-3)6-7-13(14)11(2)15/h6-7,10H,4-5,8-9H2,1-3H3. The number of ether oxygens (including phenoxy) is 2. The number of benzene rings is 1. The van der Waals surface area contributed by atoms with Crippen molar-refractivity contribution in [3.05, 3.63) is 23.8 Å². The van der Waals surface area contributed by atoms with Crippen molar-refractivity contribution >= 4 is 15.6 Å². The second-order valence-corrected chi connectivity index (χ2v) is 6.83. The Morgan fingerprint density at radius 3 is 2.55 bits per heavy atom. The summed E-state index contributed by atoms with van der Waals surface area (Å²) in [6.07, 6.45) is 0.394. The van der Waals surface area contributed by atoms with E-state index in [1.54, 1.807) is 25.1 Å². The van der Waals surface area contributed by atoms with Crippen molar-refractivity contribution in [1.82, 2.24) is 0 Å². The molecule has 0 aliphatic heterocycles. The molecule has 0 amide bonds. The van der Waals surface area contributed by atoms with Gasteiger partial charge in [0.05, 0.1) is 25.0 Å². The maximum atomic E-state index is 11.5. The van der Waals surface area contributed by atoms with E-state index in [1.807, 2.05) is 0 Å². The largest absolute Gasteiger partial charge is 0.497 e. The molecule has 0 bridgehead atoms. The summed E-state index contributed by atoms with van der Waals surface area (Å²) < 4.78 is 33.3. The molecule has 112 valence electrons. The third-order valence-corrected chi connectivity index (χ3v) is 4.66. The fourth-order valence-electron chi connectivity index (χ4n) is 1.65. The monoisotopic (exact) mass is 300 g/mol. The van der Waals surface area contributed by atoms with Crippen molar-refractivity contribution in [2.75, 3.05) is 25.2 Å². The molecule has 0 radical (unpaired) electrons. The Bertz CT molecular complexity index is 563. The molecule has 0 fully saturated rings. The van der Waals surface area contributed by atoms with Gasteiger partial charge in [-0.2, -0.15) is 0 Å². The van der Waals surface area contributed by atoms with Crippen LogP contribution in [0.15, 0.2) is 18.2 Å². The van der Waals surface area contributed by atoms with Gasteiger partial charge in [0.15, 0.2) is 5.78 Å². The van der Waals surface area contributed by atoms with E-state index >= 15 is 0 Å². The van der Waals surface area contributed by atoms with Crippen LogP contribution in [0.1, 0.15) is 30.6 Å². The number of hydrogen-bond acceptors (Lipinski definition) is 5. The van der Waals surface area contributed by atoms with Crippen LogP contribution in [0.25, 0.3) is 0 Å². The second-order valence-electron chi connectivity index (χ2n) is 4.36. The molecule has 0 heterocycles. The first kappa shape index (κ1) is 16.5. The van der Waals surface area contributed by atoms with Crippen molar-refractivity contribution < 1.29 is 22.7 Å². The minimum absolute atomic E-state index is 0.0862. The van der Waals surface area contributed by atoms with Gasteiger partial charge in [0.1, 0.15) is 21.3 Å². The predicted octanol–water partition coefficient (Wildman–Crippen LogP) is 2.10. The van der Waals surface area contributed by atoms with Gasteiger partial charge in [0.2, 0.25) is 0 Å². The average molecular weight is 300 g/mol. The number of hydrogen-bond donors (Lipinski definition) is 0. The Kier molecular flexibility index (Phi) is 6.01. The van der Waals surface area contributed by atoms with Crippen LogP contribution in [0.4, 0.5) is 0 Å². The first-order chi connectivity index (χ1) is 9.39. The molecule has 0 saturated heterocycles. The van der Waals surface area contributed by atoms with Gasteiger partial charge in [-0.15, -0.1) is 0 Å². The lowest BCUT2D eigenvalue weighted by Crippen LogP contribution is -2.12. The quantitative estimate of drug-likeness (QED) is 0.543. The van der Waals surface area contributed by atoms with Crippen molar-refractivity contribution in [2.45, 2.75) is 20.3 Å². The van der Waals surface area contributed by atoms with E-state index in [2.05, 4.69) is 0 Å². The Morgan fingerprint density at radius 2 is 2.00 bits per heavy atom. The van der Waals surface area contributed by atoms with Gasteiger partial charge in [0, 0.05) is 11.8 Å². The molecular weight excluding hydrogens is 280 g/mol. The highest BCUT2D eigenvalue weighted by atomic mass is 32.2. The lowest BCUT2D eigenvalue weighted by Gasteiger charge is -2.11. The van der Waals surface area contributed by atoms with Crippen LogP contribution in [-0.4, -0.2) is 39.4 Å². The van der Waals surface area contributed by atoms with Gasteiger partial charge >= 0.3 is 0 Å². The summed E-state index contributed by atoms with van der Waals surface area (Å²) in [5.41, 5.74) is 0.462. The molecule has 0 spiro atoms. The van der Waals surface area contributed by atoms with E-state index in [0.717, 1.165) is 0 Å². The fourth-order valence-corrected chi connectivity index (χ4v) is 2.49. The van der Waals surface area contributed by atoms with E-state index in [4.69, 9.17) is 9.47 Å². The van der Waals surface area contributed by atoms with Gasteiger partial charge in [-0.05, 0) is 25.5 Å². The Morgan fingerprint density at radius 1 is 1.30 bits per heavy atom. The van der Waals surface area contributed by atoms with Gasteiger partial charge in [-0.25, -0.2) is 8.42 Å². The van der Waals surface area contributed by atoms with Gasteiger partial charge in [0.25, 0.3) is 0 Å². The smallest absolute Gasteiger partial charge is 0.163 e. The Labute approximate surface area is 119 Å². The Balaban J connectivity index is 2.69. The molecule has 0 aliphatic carbocycles. The summed E-state index contributed by atoms with van der Waals surface area (Å²) in [5.74, 6) is 1.12. The van der Waals surface area contributed by atoms with E-state index in [-0.39, 0.29) is 23.9 Å². The number of carbonyl (C=O) groups excluding carboxylic acids is 1. The molecule has 0 N–H and O–H groups in total. The number of carbonyl (C=O) groups is 1. The van der Waals surface area contributed by atoms with Gasteiger partial charge < -0.3 is 9.47 Å². The second kappa shape index (κ2) is 7.28. The number of methoxy groups -OCH3 is 1. The summed E-state index contributed by atoms with van der Waals surface area (Å²) in [4.78, 5) is 11.5. The van der Waals surface area contributed by atoms with E-state index in [0.29, 0.717) is 23.5 Å². The van der Waals surface area contributed by atoms with Crippen LogP contribution in [0.3, 0.4) is 0 Å². The maximum absolute atomic E-state index is 11.5. The summed E-state index contributed by atoms with van der Waals surface area (Å²) in [6.45, 7) is 3.31. The summed E-state index contributed by atoms with van der Waals surface area (Å²) in [7, 11) is -1.46. The van der Waals surface area contributed by atoms with E-state index < -0.39 is 9.84 Å². The first-order valence-corrected chi connectivity index (χ1v) is 8.24. The van der Waals surface area contributed by atoms with E-state index in [9.17, 15) is 13.2 Å². The van der Waals surface area contributed by atoms with Crippen molar-refractivity contribution in [3.8, 4) is 11.5 Å². The molecule has 0 aliphatic rings. The lowest BCUT2D eigenvalue weighted by molar-refractivity contribution is 0.101. The zero-order valence-electron chi connectivity index (χ0n) is 12.0. The van der Waals surface area contributed by atoms with Crippen LogP contribution < -0.4 is 9.47 Å². The number of ketones is 1. The van der Waals surface area contributed by atoms with Crippen LogP contribution >= 0.6 is 0 Å². The minimum Gasteiger partial charge on any atom is -0.497 e. The molecule has 1 aromatic rings. The number of Topliss-reactive ketones (excluding diaryl/α,β-unsaturated/α-hetero) is 1. The Hall–Kier alpha value is -1.56. The van der Waals surface area contributed by atoms with Crippen molar-refractivity contribution in [2.24, 2.45) is 0 Å². The van der Waals surface area contributed by atoms with Crippen LogP contribution in [-0.2, 0) is 9.84 Å². The molecule has 1 rings (SSSR count). The molecule has 6 heteroatoms. The summed E-state index contributed by atoms with van der Waals surface area (Å²) in [6, 6.07) is 4.95. The van der Waals surface area contributed by atoms with Gasteiger partial charge in [-0.3, -0.25) is 4.79 Å². The van der Waals surface area contributed by atoms with Gasteiger partial charge in [-0.1, -0.05) is 6.92 Å². The zero-order chi connectivity index (χ0) is 15.2. The molecule has 1 aromatic carbocycles. The normalized spacial score (nSPS) is 11.2. The molecular formula is C14H20O5S. The zero-order valence-corrected chi connectivity index (χ0v) is 12.8. The first-order valence-electron chi connectivity index (χ1n) is 6.42.